The van der Waals surface area contributed by atoms with Crippen molar-refractivity contribution < 1.29 is 0 Å². The normalized spacial score (nSPS) is 18.9. The summed E-state index contributed by atoms with van der Waals surface area (Å²) in [4.78, 5) is 2.60. The van der Waals surface area contributed by atoms with Crippen molar-refractivity contribution in [1.82, 2.24) is 10.2 Å². The molecule has 1 aliphatic rings. The van der Waals surface area contributed by atoms with E-state index in [-0.39, 0.29) is 0 Å². The zero-order valence-electron chi connectivity index (χ0n) is 12.8. The van der Waals surface area contributed by atoms with Crippen molar-refractivity contribution in [3.63, 3.8) is 0 Å². The molecule has 0 aliphatic carbocycles. The van der Waals surface area contributed by atoms with E-state index in [1.54, 1.807) is 0 Å². The number of benzene rings is 1. The van der Waals surface area contributed by atoms with E-state index in [0.29, 0.717) is 6.04 Å². The molecule has 1 aromatic carbocycles. The minimum Gasteiger partial charge on any atom is -0.313 e. The lowest BCUT2D eigenvalue weighted by Gasteiger charge is -2.26. The summed E-state index contributed by atoms with van der Waals surface area (Å²) in [6, 6.07) is 6.94. The van der Waals surface area contributed by atoms with Gasteiger partial charge in [-0.15, -0.1) is 0 Å². The Morgan fingerprint density at radius 3 is 2.90 bits per heavy atom. The van der Waals surface area contributed by atoms with Gasteiger partial charge in [0.2, 0.25) is 0 Å². The Morgan fingerprint density at radius 2 is 2.25 bits per heavy atom. The Morgan fingerprint density at radius 1 is 1.40 bits per heavy atom. The Hall–Kier alpha value is -0.570. The fourth-order valence-electron chi connectivity index (χ4n) is 2.92. The summed E-state index contributed by atoms with van der Waals surface area (Å²) >= 11 is 6.05. The van der Waals surface area contributed by atoms with E-state index in [9.17, 15) is 0 Å². The second kappa shape index (κ2) is 8.02. The molecule has 1 aromatic rings. The van der Waals surface area contributed by atoms with Gasteiger partial charge in [0.05, 0.1) is 0 Å². The van der Waals surface area contributed by atoms with E-state index >= 15 is 0 Å². The summed E-state index contributed by atoms with van der Waals surface area (Å²) in [5, 5.41) is 4.45. The quantitative estimate of drug-likeness (QED) is 0.817. The average molecular weight is 295 g/mol. The van der Waals surface area contributed by atoms with Crippen molar-refractivity contribution in [2.24, 2.45) is 0 Å². The van der Waals surface area contributed by atoms with Crippen LogP contribution in [0.2, 0.25) is 5.02 Å². The molecule has 3 heteroatoms. The molecular formula is C17H27ClN2. The van der Waals surface area contributed by atoms with Crippen molar-refractivity contribution >= 4 is 11.6 Å². The molecule has 1 N–H and O–H groups in total. The molecular weight excluding hydrogens is 268 g/mol. The Labute approximate surface area is 128 Å². The second-order valence-corrected chi connectivity index (χ2v) is 6.39. The van der Waals surface area contributed by atoms with E-state index < -0.39 is 0 Å². The number of hydrogen-bond acceptors (Lipinski definition) is 2. The Kier molecular flexibility index (Phi) is 6.34. The summed E-state index contributed by atoms with van der Waals surface area (Å²) in [7, 11) is 0. The minimum atomic E-state index is 0.680. The molecule has 1 heterocycles. The van der Waals surface area contributed by atoms with Gasteiger partial charge in [0.15, 0.2) is 0 Å². The fraction of sp³-hybridized carbons (Fsp3) is 0.647. The molecule has 2 nitrogen and oxygen atoms in total. The molecule has 1 saturated heterocycles. The number of nitrogens with zero attached hydrogens (tertiary/aromatic N) is 1. The summed E-state index contributed by atoms with van der Waals surface area (Å²) in [5.74, 6) is 0. The number of unbranched alkanes of at least 4 members (excludes halogenated alkanes) is 1. The van der Waals surface area contributed by atoms with E-state index in [2.05, 4.69) is 36.2 Å². The molecule has 20 heavy (non-hydrogen) atoms. The highest BCUT2D eigenvalue weighted by molar-refractivity contribution is 6.30. The minimum absolute atomic E-state index is 0.680. The molecule has 1 aliphatic heterocycles. The average Bonchev–Trinajstić information content (AvgIpc) is 2.92. The summed E-state index contributed by atoms with van der Waals surface area (Å²) in [6.45, 7) is 9.01. The summed E-state index contributed by atoms with van der Waals surface area (Å²) in [5.41, 5.74) is 2.71. The molecule has 1 unspecified atom stereocenters. The molecule has 112 valence electrons. The zero-order valence-corrected chi connectivity index (χ0v) is 13.5. The monoisotopic (exact) mass is 294 g/mol. The van der Waals surface area contributed by atoms with E-state index in [1.165, 1.54) is 56.4 Å². The van der Waals surface area contributed by atoms with Crippen LogP contribution in [-0.4, -0.2) is 30.6 Å². The third kappa shape index (κ3) is 4.76. The standard InChI is InChI=1S/C17H27ClN2/c1-3-4-10-20(13-17-6-5-9-19-17)12-15-7-8-16(18)11-14(15)2/h7-8,11,17,19H,3-6,9-10,12-13H2,1-2H3. The third-order valence-electron chi connectivity index (χ3n) is 4.17. The first-order chi connectivity index (χ1) is 9.69. The molecule has 1 atom stereocenters. The maximum Gasteiger partial charge on any atom is 0.0408 e. The van der Waals surface area contributed by atoms with Gasteiger partial charge in [0, 0.05) is 24.2 Å². The highest BCUT2D eigenvalue weighted by Crippen LogP contribution is 2.18. The Balaban J connectivity index is 1.97. The molecule has 0 aromatic heterocycles. The van der Waals surface area contributed by atoms with Crippen molar-refractivity contribution in [2.75, 3.05) is 19.6 Å². The second-order valence-electron chi connectivity index (χ2n) is 5.95. The Bertz CT molecular complexity index is 413. The number of rotatable bonds is 7. The van der Waals surface area contributed by atoms with Gasteiger partial charge in [-0.2, -0.15) is 0 Å². The first-order valence-corrected chi connectivity index (χ1v) is 8.27. The molecule has 0 amide bonds. The van der Waals surface area contributed by atoms with Crippen LogP contribution in [0.4, 0.5) is 0 Å². The fourth-order valence-corrected chi connectivity index (χ4v) is 3.15. The molecule has 2 rings (SSSR count). The van der Waals surface area contributed by atoms with Crippen LogP contribution in [-0.2, 0) is 6.54 Å². The largest absolute Gasteiger partial charge is 0.313 e. The van der Waals surface area contributed by atoms with E-state index in [0.717, 1.165) is 11.6 Å². The number of nitrogens with one attached hydrogen (secondary N) is 1. The first kappa shape index (κ1) is 15.8. The molecule has 0 bridgehead atoms. The van der Waals surface area contributed by atoms with Gasteiger partial charge in [-0.25, -0.2) is 0 Å². The van der Waals surface area contributed by atoms with Crippen LogP contribution in [0.1, 0.15) is 43.7 Å². The van der Waals surface area contributed by atoms with Gasteiger partial charge in [-0.3, -0.25) is 4.90 Å². The SMILES string of the molecule is CCCCN(Cc1ccc(Cl)cc1C)CC1CCCN1. The molecule has 0 radical (unpaired) electrons. The summed E-state index contributed by atoms with van der Waals surface area (Å²) < 4.78 is 0. The van der Waals surface area contributed by atoms with Crippen LogP contribution in [0.3, 0.4) is 0 Å². The van der Waals surface area contributed by atoms with Gasteiger partial charge in [-0.05, 0) is 62.5 Å². The van der Waals surface area contributed by atoms with E-state index in [1.807, 2.05) is 6.07 Å². The highest BCUT2D eigenvalue weighted by atomic mass is 35.5. The topological polar surface area (TPSA) is 15.3 Å². The lowest BCUT2D eigenvalue weighted by molar-refractivity contribution is 0.237. The smallest absolute Gasteiger partial charge is 0.0408 e. The van der Waals surface area contributed by atoms with Gasteiger partial charge in [0.1, 0.15) is 0 Å². The first-order valence-electron chi connectivity index (χ1n) is 7.90. The molecule has 1 fully saturated rings. The van der Waals surface area contributed by atoms with Gasteiger partial charge in [-0.1, -0.05) is 31.0 Å². The summed E-state index contributed by atoms with van der Waals surface area (Å²) in [6.07, 6.45) is 5.18. The van der Waals surface area contributed by atoms with Gasteiger partial charge >= 0.3 is 0 Å². The highest BCUT2D eigenvalue weighted by Gasteiger charge is 2.18. The molecule has 0 spiro atoms. The number of aryl methyl sites for hydroxylation is 1. The third-order valence-corrected chi connectivity index (χ3v) is 4.40. The number of hydrogen-bond donors (Lipinski definition) is 1. The van der Waals surface area contributed by atoms with Crippen LogP contribution in [0.5, 0.6) is 0 Å². The van der Waals surface area contributed by atoms with Gasteiger partial charge < -0.3 is 5.32 Å². The van der Waals surface area contributed by atoms with Crippen molar-refractivity contribution in [3.8, 4) is 0 Å². The van der Waals surface area contributed by atoms with Crippen molar-refractivity contribution in [1.29, 1.82) is 0 Å². The lowest BCUT2D eigenvalue weighted by atomic mass is 10.1. The maximum absolute atomic E-state index is 6.05. The van der Waals surface area contributed by atoms with E-state index in [4.69, 9.17) is 11.6 Å². The predicted molar refractivity (Wildman–Crippen MR) is 87.4 cm³/mol. The zero-order chi connectivity index (χ0) is 14.4. The van der Waals surface area contributed by atoms with Crippen molar-refractivity contribution in [3.05, 3.63) is 34.3 Å². The maximum atomic E-state index is 6.05. The van der Waals surface area contributed by atoms with Gasteiger partial charge in [0.25, 0.3) is 0 Å². The predicted octanol–water partition coefficient (Wildman–Crippen LogP) is 4.00. The van der Waals surface area contributed by atoms with Crippen molar-refractivity contribution in [2.45, 2.75) is 52.1 Å². The van der Waals surface area contributed by atoms with Crippen LogP contribution < -0.4 is 5.32 Å². The lowest BCUT2D eigenvalue weighted by Crippen LogP contribution is -2.37. The van der Waals surface area contributed by atoms with Crippen LogP contribution in [0.25, 0.3) is 0 Å². The molecule has 0 saturated carbocycles. The van der Waals surface area contributed by atoms with Crippen LogP contribution in [0.15, 0.2) is 18.2 Å². The van der Waals surface area contributed by atoms with Crippen LogP contribution in [0, 0.1) is 6.92 Å². The number of halogens is 1. The van der Waals surface area contributed by atoms with Crippen LogP contribution >= 0.6 is 11.6 Å².